The van der Waals surface area contributed by atoms with Crippen LogP contribution in [0.2, 0.25) is 0 Å². The summed E-state index contributed by atoms with van der Waals surface area (Å²) in [6, 6.07) is 5.81. The second-order valence-corrected chi connectivity index (χ2v) is 5.16. The number of carbonyl (C=O) groups excluding carboxylic acids is 1. The van der Waals surface area contributed by atoms with E-state index in [0.29, 0.717) is 0 Å². The minimum atomic E-state index is -0.713. The smallest absolute Gasteiger partial charge is 0.390 e. The first-order valence-electron chi connectivity index (χ1n) is 7.07. The first-order valence-corrected chi connectivity index (χ1v) is 7.07. The van der Waals surface area contributed by atoms with E-state index in [0.717, 1.165) is 5.56 Å². The van der Waals surface area contributed by atoms with Crippen LogP contribution < -0.4 is 5.32 Å². The molecule has 1 aromatic carbocycles. The minimum Gasteiger partial charge on any atom is -0.390 e. The summed E-state index contributed by atoms with van der Waals surface area (Å²) in [4.78, 5) is 25.5. The standard InChI is InChI=1S/C14H12FN7O3/c1-9-2-3-10(15)12(6-9)17-13(23)11-4-5-20(18-11)8-21-7-16-14(19-21)22(24)25/h2-7H,8H2,1H3,(H,17,23). The second kappa shape index (κ2) is 6.47. The molecule has 1 N–H and O–H groups in total. The van der Waals surface area contributed by atoms with E-state index >= 15 is 0 Å². The van der Waals surface area contributed by atoms with E-state index in [1.165, 1.54) is 40.1 Å². The summed E-state index contributed by atoms with van der Waals surface area (Å²) < 4.78 is 16.2. The number of hydrogen-bond donors (Lipinski definition) is 1. The molecule has 0 bridgehead atoms. The number of nitro groups is 1. The van der Waals surface area contributed by atoms with Gasteiger partial charge in [0.1, 0.15) is 5.82 Å². The zero-order chi connectivity index (χ0) is 18.0. The number of benzene rings is 1. The molecule has 0 aliphatic carbocycles. The van der Waals surface area contributed by atoms with Crippen LogP contribution in [-0.2, 0) is 6.67 Å². The molecule has 0 saturated heterocycles. The van der Waals surface area contributed by atoms with Crippen molar-refractivity contribution in [2.75, 3.05) is 5.32 Å². The Labute approximate surface area is 140 Å². The average molecular weight is 345 g/mol. The van der Waals surface area contributed by atoms with Crippen LogP contribution in [0.4, 0.5) is 16.0 Å². The van der Waals surface area contributed by atoms with Crippen LogP contribution in [0.3, 0.4) is 0 Å². The number of nitrogens with one attached hydrogen (secondary N) is 1. The molecule has 11 heteroatoms. The molecule has 0 aliphatic heterocycles. The van der Waals surface area contributed by atoms with E-state index in [1.54, 1.807) is 13.0 Å². The number of aryl methyl sites for hydroxylation is 1. The first kappa shape index (κ1) is 16.2. The fraction of sp³-hybridized carbons (Fsp3) is 0.143. The number of carbonyl (C=O) groups is 1. The van der Waals surface area contributed by atoms with Crippen LogP contribution in [0.15, 0.2) is 36.8 Å². The van der Waals surface area contributed by atoms with Crippen molar-refractivity contribution in [1.29, 1.82) is 0 Å². The topological polar surface area (TPSA) is 121 Å². The zero-order valence-corrected chi connectivity index (χ0v) is 13.0. The van der Waals surface area contributed by atoms with Crippen molar-refractivity contribution >= 4 is 17.5 Å². The Morgan fingerprint density at radius 1 is 1.32 bits per heavy atom. The van der Waals surface area contributed by atoms with Gasteiger partial charge in [-0.3, -0.25) is 4.79 Å². The van der Waals surface area contributed by atoms with Crippen LogP contribution >= 0.6 is 0 Å². The fourth-order valence-corrected chi connectivity index (χ4v) is 2.07. The van der Waals surface area contributed by atoms with Gasteiger partial charge in [0.15, 0.2) is 12.4 Å². The summed E-state index contributed by atoms with van der Waals surface area (Å²) >= 11 is 0. The molecule has 0 fully saturated rings. The maximum atomic E-state index is 13.7. The molecule has 0 atom stereocenters. The van der Waals surface area contributed by atoms with Crippen LogP contribution in [0.5, 0.6) is 0 Å². The van der Waals surface area contributed by atoms with E-state index in [4.69, 9.17) is 0 Å². The van der Waals surface area contributed by atoms with Gasteiger partial charge < -0.3 is 15.4 Å². The van der Waals surface area contributed by atoms with Gasteiger partial charge in [-0.05, 0) is 35.6 Å². The lowest BCUT2D eigenvalue weighted by molar-refractivity contribution is -0.394. The maximum Gasteiger partial charge on any atom is 0.491 e. The Balaban J connectivity index is 1.70. The summed E-state index contributed by atoms with van der Waals surface area (Å²) in [5.74, 6) is -1.65. The van der Waals surface area contributed by atoms with Crippen molar-refractivity contribution in [3.05, 3.63) is 64.0 Å². The fourth-order valence-electron chi connectivity index (χ4n) is 2.07. The van der Waals surface area contributed by atoms with Gasteiger partial charge in [0.2, 0.25) is 6.33 Å². The molecule has 3 aromatic rings. The molecular formula is C14H12FN7O3. The van der Waals surface area contributed by atoms with Crippen LogP contribution in [0.25, 0.3) is 0 Å². The van der Waals surface area contributed by atoms with Crippen molar-refractivity contribution in [1.82, 2.24) is 24.5 Å². The largest absolute Gasteiger partial charge is 0.491 e. The molecule has 10 nitrogen and oxygen atoms in total. The molecule has 25 heavy (non-hydrogen) atoms. The Bertz CT molecular complexity index is 950. The van der Waals surface area contributed by atoms with Crippen LogP contribution in [0, 0.1) is 22.9 Å². The lowest BCUT2D eigenvalue weighted by atomic mass is 10.2. The molecule has 0 aliphatic rings. The van der Waals surface area contributed by atoms with E-state index in [-0.39, 0.29) is 18.1 Å². The third kappa shape index (κ3) is 3.65. The number of aromatic nitrogens is 5. The molecule has 0 unspecified atom stereocenters. The number of hydrogen-bond acceptors (Lipinski definition) is 6. The Hall–Kier alpha value is -3.63. The van der Waals surface area contributed by atoms with Crippen molar-refractivity contribution in [3.8, 4) is 0 Å². The predicted octanol–water partition coefficient (Wildman–Crippen LogP) is 1.59. The van der Waals surface area contributed by atoms with Gasteiger partial charge in [-0.25, -0.2) is 9.07 Å². The summed E-state index contributed by atoms with van der Waals surface area (Å²) in [6.07, 6.45) is 2.68. The quantitative estimate of drug-likeness (QED) is 0.554. The molecule has 1 amide bonds. The average Bonchev–Trinajstić information content (AvgIpc) is 3.21. The number of halogens is 1. The van der Waals surface area contributed by atoms with Gasteiger partial charge in [-0.15, -0.1) is 0 Å². The molecule has 0 spiro atoms. The number of amides is 1. The molecule has 2 aromatic heterocycles. The van der Waals surface area contributed by atoms with Crippen molar-refractivity contribution in [2.24, 2.45) is 0 Å². The van der Waals surface area contributed by atoms with E-state index in [9.17, 15) is 19.3 Å². The Kier molecular flexibility index (Phi) is 4.20. The highest BCUT2D eigenvalue weighted by Crippen LogP contribution is 2.16. The van der Waals surface area contributed by atoms with E-state index in [2.05, 4.69) is 20.5 Å². The van der Waals surface area contributed by atoms with Crippen molar-refractivity contribution in [2.45, 2.75) is 13.6 Å². The summed E-state index contributed by atoms with van der Waals surface area (Å²) in [5.41, 5.74) is 0.928. The number of anilines is 1. The summed E-state index contributed by atoms with van der Waals surface area (Å²) in [7, 11) is 0. The molecular weight excluding hydrogens is 333 g/mol. The van der Waals surface area contributed by atoms with E-state index in [1.807, 2.05) is 0 Å². The monoisotopic (exact) mass is 345 g/mol. The normalized spacial score (nSPS) is 10.6. The van der Waals surface area contributed by atoms with Crippen molar-refractivity contribution < 1.29 is 14.1 Å². The highest BCUT2D eigenvalue weighted by Gasteiger charge is 2.15. The van der Waals surface area contributed by atoms with E-state index < -0.39 is 22.6 Å². The molecule has 3 rings (SSSR count). The SMILES string of the molecule is Cc1ccc(F)c(NC(=O)c2ccn(Cn3cnc([N+](=O)[O-])n3)n2)c1. The van der Waals surface area contributed by atoms with Crippen LogP contribution in [0.1, 0.15) is 16.1 Å². The third-order valence-electron chi connectivity index (χ3n) is 3.22. The number of rotatable bonds is 5. The first-order chi connectivity index (χ1) is 11.9. The lowest BCUT2D eigenvalue weighted by Crippen LogP contribution is -2.15. The van der Waals surface area contributed by atoms with Crippen molar-refractivity contribution in [3.63, 3.8) is 0 Å². The van der Waals surface area contributed by atoms with Gasteiger partial charge in [-0.1, -0.05) is 11.1 Å². The third-order valence-corrected chi connectivity index (χ3v) is 3.22. The second-order valence-electron chi connectivity index (χ2n) is 5.16. The zero-order valence-electron chi connectivity index (χ0n) is 13.0. The predicted molar refractivity (Wildman–Crippen MR) is 83.4 cm³/mol. The molecule has 0 radical (unpaired) electrons. The Morgan fingerprint density at radius 3 is 2.84 bits per heavy atom. The highest BCUT2D eigenvalue weighted by molar-refractivity contribution is 6.02. The molecule has 2 heterocycles. The Morgan fingerprint density at radius 2 is 2.12 bits per heavy atom. The van der Waals surface area contributed by atoms with Gasteiger partial charge in [0.05, 0.1) is 5.69 Å². The highest BCUT2D eigenvalue weighted by atomic mass is 19.1. The summed E-state index contributed by atoms with van der Waals surface area (Å²) in [5, 5.41) is 20.7. The van der Waals surface area contributed by atoms with Gasteiger partial charge >= 0.3 is 5.95 Å². The number of nitrogens with zero attached hydrogens (tertiary/aromatic N) is 6. The molecule has 0 saturated carbocycles. The van der Waals surface area contributed by atoms with Gasteiger partial charge in [0.25, 0.3) is 5.91 Å². The van der Waals surface area contributed by atoms with Gasteiger partial charge in [-0.2, -0.15) is 9.78 Å². The van der Waals surface area contributed by atoms with Gasteiger partial charge in [0, 0.05) is 11.3 Å². The summed E-state index contributed by atoms with van der Waals surface area (Å²) in [6.45, 7) is 1.81. The minimum absolute atomic E-state index is 0.0346. The van der Waals surface area contributed by atoms with Crippen LogP contribution in [-0.4, -0.2) is 35.4 Å². The maximum absolute atomic E-state index is 13.7. The lowest BCUT2D eigenvalue weighted by Gasteiger charge is -2.05. The molecule has 128 valence electrons.